The molecule has 0 aliphatic carbocycles. The van der Waals surface area contributed by atoms with E-state index in [1.54, 1.807) is 19.1 Å². The summed E-state index contributed by atoms with van der Waals surface area (Å²) in [4.78, 5) is 15.1. The first-order valence-corrected chi connectivity index (χ1v) is 3.77. The highest BCUT2D eigenvalue weighted by molar-refractivity contribution is 5.66. The maximum absolute atomic E-state index is 11.4. The van der Waals surface area contributed by atoms with Crippen molar-refractivity contribution in [1.82, 2.24) is 9.71 Å². The second kappa shape index (κ2) is 2.55. The first kappa shape index (κ1) is 7.72. The summed E-state index contributed by atoms with van der Waals surface area (Å²) in [7, 11) is 0. The molecular weight excluding hydrogens is 170 g/mol. The van der Waals surface area contributed by atoms with Gasteiger partial charge in [0.15, 0.2) is 0 Å². The number of rotatable bonds is 0. The zero-order chi connectivity index (χ0) is 9.42. The Balaban J connectivity index is 3.06. The van der Waals surface area contributed by atoms with E-state index in [2.05, 4.69) is 4.98 Å². The molecule has 0 saturated heterocycles. The molecule has 66 valence electrons. The van der Waals surface area contributed by atoms with Crippen molar-refractivity contribution in [3.05, 3.63) is 40.3 Å². The largest absolute Gasteiger partial charge is 0.804 e. The zero-order valence-electron chi connectivity index (χ0n) is 6.97. The van der Waals surface area contributed by atoms with Crippen LogP contribution < -0.4 is 4.43 Å². The Morgan fingerprint density at radius 2 is 2.38 bits per heavy atom. The Labute approximate surface area is 73.5 Å². The van der Waals surface area contributed by atoms with E-state index in [1.165, 1.54) is 12.4 Å². The summed E-state index contributed by atoms with van der Waals surface area (Å²) in [6, 6.07) is 3.18. The summed E-state index contributed by atoms with van der Waals surface area (Å²) in [6.45, 7) is 1.56. The monoisotopic (exact) mass is 177 g/mol. The molecule has 0 bridgehead atoms. The van der Waals surface area contributed by atoms with Gasteiger partial charge < -0.3 is 9.94 Å². The maximum atomic E-state index is 11.4. The second-order valence-electron chi connectivity index (χ2n) is 2.74. The molecule has 0 saturated carbocycles. The normalized spacial score (nSPS) is 10.5. The van der Waals surface area contributed by atoms with Crippen LogP contribution in [0.3, 0.4) is 0 Å². The molecule has 5 nitrogen and oxygen atoms in total. The number of fused-ring (bicyclic) bond motifs is 1. The number of hydrogen-bond donors (Lipinski definition) is 0. The summed E-state index contributed by atoms with van der Waals surface area (Å²) in [5.74, 6) is 0. The van der Waals surface area contributed by atoms with Gasteiger partial charge in [0.1, 0.15) is 0 Å². The Morgan fingerprint density at radius 1 is 1.62 bits per heavy atom. The summed E-state index contributed by atoms with van der Waals surface area (Å²) in [6.07, 6.45) is 2.72. The van der Waals surface area contributed by atoms with E-state index < -0.39 is 0 Å². The Hall–Kier alpha value is -1.91. The van der Waals surface area contributed by atoms with Crippen LogP contribution in [0.1, 0.15) is 5.69 Å². The lowest BCUT2D eigenvalue weighted by Gasteiger charge is -2.12. The molecule has 5 heteroatoms. The van der Waals surface area contributed by atoms with Gasteiger partial charge in [-0.15, -0.1) is 0 Å². The zero-order valence-corrected chi connectivity index (χ0v) is 6.97. The minimum Gasteiger partial charge on any atom is -0.804 e. The number of pyridine rings is 1. The average molecular weight is 177 g/mol. The molecule has 2 aromatic rings. The Kier molecular flexibility index (Phi) is 1.51. The van der Waals surface area contributed by atoms with Gasteiger partial charge in [-0.3, -0.25) is 0 Å². The number of hydrogen-bond acceptors (Lipinski definition) is 3. The maximum Gasteiger partial charge on any atom is 0.305 e. The standard InChI is InChI=1S/C8H7N3O2/c1-6-5-10(12)7-3-2-4-9-8(7)11(6)13/h2-5H,1H3. The molecule has 0 aromatic carbocycles. The predicted octanol–water partition coefficient (Wildman–Crippen LogP) is 0.605. The van der Waals surface area contributed by atoms with Crippen LogP contribution in [0.4, 0.5) is 0 Å². The number of nitrogens with zero attached hydrogens (tertiary/aromatic N) is 3. The first-order chi connectivity index (χ1) is 6.20. The lowest BCUT2D eigenvalue weighted by Crippen LogP contribution is -2.19. The van der Waals surface area contributed by atoms with E-state index in [0.717, 1.165) is 0 Å². The number of aryl methyl sites for hydroxylation is 1. The lowest BCUT2D eigenvalue weighted by atomic mass is 10.4. The Morgan fingerprint density at radius 3 is 3.15 bits per heavy atom. The van der Waals surface area contributed by atoms with Gasteiger partial charge in [0.2, 0.25) is 11.8 Å². The predicted molar refractivity (Wildman–Crippen MR) is 46.6 cm³/mol. The molecule has 2 rings (SSSR count). The van der Waals surface area contributed by atoms with Gasteiger partial charge in [0.05, 0.1) is 10.1 Å². The molecule has 0 fully saturated rings. The molecular formula is C8H7N3O2. The summed E-state index contributed by atoms with van der Waals surface area (Å²) in [5, 5.41) is 11.4. The summed E-state index contributed by atoms with van der Waals surface area (Å²) < 4.78 is 1.29. The molecule has 0 spiro atoms. The van der Waals surface area contributed by atoms with Gasteiger partial charge in [0.25, 0.3) is 0 Å². The van der Waals surface area contributed by atoms with Crippen LogP contribution >= 0.6 is 0 Å². The van der Waals surface area contributed by atoms with Crippen LogP contribution in [0.15, 0.2) is 24.5 Å². The second-order valence-corrected chi connectivity index (χ2v) is 2.74. The molecule has 2 heterocycles. The fourth-order valence-electron chi connectivity index (χ4n) is 1.18. The smallest absolute Gasteiger partial charge is 0.305 e. The van der Waals surface area contributed by atoms with Gasteiger partial charge >= 0.3 is 5.52 Å². The van der Waals surface area contributed by atoms with E-state index >= 15 is 0 Å². The van der Waals surface area contributed by atoms with Gasteiger partial charge in [-0.1, -0.05) is 0 Å². The molecule has 0 unspecified atom stereocenters. The average Bonchev–Trinajstić information content (AvgIpc) is 2.15. The minimum absolute atomic E-state index is 0.150. The quantitative estimate of drug-likeness (QED) is 0.553. The highest BCUT2D eigenvalue weighted by Crippen LogP contribution is 2.05. The highest BCUT2D eigenvalue weighted by atomic mass is 16.5. The molecule has 0 radical (unpaired) electrons. The fraction of sp³-hybridized carbons (Fsp3) is 0.125. The molecule has 13 heavy (non-hydrogen) atoms. The SMILES string of the molecule is Cc1c[n+](=O)c2cccnc2n1[O-]. The molecule has 0 aliphatic heterocycles. The van der Waals surface area contributed by atoms with Crippen molar-refractivity contribution in [2.24, 2.45) is 0 Å². The lowest BCUT2D eigenvalue weighted by molar-refractivity contribution is -0.465. The highest BCUT2D eigenvalue weighted by Gasteiger charge is 2.08. The molecule has 0 atom stereocenters. The van der Waals surface area contributed by atoms with Gasteiger partial charge in [-0.25, -0.2) is 4.98 Å². The van der Waals surface area contributed by atoms with Crippen molar-refractivity contribution in [2.45, 2.75) is 6.92 Å². The number of aromatic nitrogens is 3. The van der Waals surface area contributed by atoms with Crippen molar-refractivity contribution in [3.63, 3.8) is 0 Å². The van der Waals surface area contributed by atoms with Crippen molar-refractivity contribution < 1.29 is 4.43 Å². The van der Waals surface area contributed by atoms with E-state index in [-0.39, 0.29) is 11.2 Å². The minimum atomic E-state index is 0.150. The van der Waals surface area contributed by atoms with Crippen LogP contribution in [-0.2, 0) is 0 Å². The topological polar surface area (TPSA) is 63.8 Å². The molecule has 0 aliphatic rings. The van der Waals surface area contributed by atoms with Gasteiger partial charge in [-0.2, -0.15) is 0 Å². The van der Waals surface area contributed by atoms with Crippen LogP contribution in [-0.4, -0.2) is 9.71 Å². The van der Waals surface area contributed by atoms with E-state index in [9.17, 15) is 10.1 Å². The van der Waals surface area contributed by atoms with Crippen LogP contribution in [0, 0.1) is 17.0 Å². The molecule has 0 amide bonds. The van der Waals surface area contributed by atoms with E-state index in [0.29, 0.717) is 14.9 Å². The Bertz CT molecular complexity index is 518. The first-order valence-electron chi connectivity index (χ1n) is 3.77. The van der Waals surface area contributed by atoms with Crippen LogP contribution in [0.25, 0.3) is 11.2 Å². The van der Waals surface area contributed by atoms with E-state index in [1.807, 2.05) is 0 Å². The van der Waals surface area contributed by atoms with Crippen LogP contribution in [0.5, 0.6) is 0 Å². The van der Waals surface area contributed by atoms with Gasteiger partial charge in [0, 0.05) is 17.2 Å². The van der Waals surface area contributed by atoms with Crippen molar-refractivity contribution in [1.29, 1.82) is 0 Å². The van der Waals surface area contributed by atoms with Crippen molar-refractivity contribution in [2.75, 3.05) is 0 Å². The van der Waals surface area contributed by atoms with Crippen molar-refractivity contribution >= 4 is 11.2 Å². The van der Waals surface area contributed by atoms with Crippen LogP contribution in [0.2, 0.25) is 0 Å². The van der Waals surface area contributed by atoms with E-state index in [4.69, 9.17) is 0 Å². The fourth-order valence-corrected chi connectivity index (χ4v) is 1.18. The third-order valence-corrected chi connectivity index (χ3v) is 1.82. The third kappa shape index (κ3) is 1.05. The summed E-state index contributed by atoms with van der Waals surface area (Å²) >= 11 is 0. The molecule has 2 aromatic heterocycles. The van der Waals surface area contributed by atoms with Crippen molar-refractivity contribution in [3.8, 4) is 0 Å². The summed E-state index contributed by atoms with van der Waals surface area (Å²) in [5.41, 5.74) is 0.766. The third-order valence-electron chi connectivity index (χ3n) is 1.82. The van der Waals surface area contributed by atoms with Gasteiger partial charge in [-0.05, 0) is 13.0 Å². The molecule has 0 N–H and O–H groups in total.